The molecule has 0 bridgehead atoms. The zero-order valence-electron chi connectivity index (χ0n) is 17.8. The number of aromatic nitrogens is 1. The summed E-state index contributed by atoms with van der Waals surface area (Å²) in [6.07, 6.45) is -0.0317. The molecule has 164 valence electrons. The Morgan fingerprint density at radius 2 is 2.00 bits per heavy atom. The van der Waals surface area contributed by atoms with E-state index in [2.05, 4.69) is 4.90 Å². The Labute approximate surface area is 175 Å². The summed E-state index contributed by atoms with van der Waals surface area (Å²) in [5.74, 6) is 0.838. The fourth-order valence-corrected chi connectivity index (χ4v) is 4.75. The van der Waals surface area contributed by atoms with Gasteiger partial charge < -0.3 is 14.7 Å². The Bertz CT molecular complexity index is 906. The van der Waals surface area contributed by atoms with Gasteiger partial charge in [-0.2, -0.15) is 0 Å². The molecule has 1 aromatic heterocycles. The van der Waals surface area contributed by atoms with Gasteiger partial charge in [0.05, 0.1) is 25.3 Å². The first-order valence-electron chi connectivity index (χ1n) is 10.5. The number of carbonyl (C=O) groups excluding carboxylic acids is 1. The molecule has 0 radical (unpaired) electrons. The van der Waals surface area contributed by atoms with Crippen LogP contribution < -0.4 is 10.5 Å². The average molecular weight is 418 g/mol. The van der Waals surface area contributed by atoms with Gasteiger partial charge in [0.15, 0.2) is 0 Å². The average Bonchev–Trinajstić information content (AvgIpc) is 3.05. The maximum absolute atomic E-state index is 12.6. The minimum atomic E-state index is -0.959. The molecule has 0 unspecified atom stereocenters. The van der Waals surface area contributed by atoms with Gasteiger partial charge in [-0.1, -0.05) is 0 Å². The second-order valence-electron chi connectivity index (χ2n) is 9.36. The standard InChI is InChI=1S/C21H30N4O5/c1-21(2,3)24(20(28)29)13-16-12-22(8-9-30-16)10-15-11-23-17(26)6-4-14-5-7-18(27)25(15)19(14)23/h5,7,15-16H,4,6,8-13H2,1-3H3,(H,28,29)/t15-,16+/m1/s1. The molecule has 0 saturated carbocycles. The van der Waals surface area contributed by atoms with Crippen molar-refractivity contribution in [1.29, 1.82) is 0 Å². The summed E-state index contributed by atoms with van der Waals surface area (Å²) >= 11 is 0. The summed E-state index contributed by atoms with van der Waals surface area (Å²) in [4.78, 5) is 42.1. The Kier molecular flexibility index (Phi) is 5.36. The maximum Gasteiger partial charge on any atom is 0.407 e. The van der Waals surface area contributed by atoms with E-state index in [4.69, 9.17) is 4.74 Å². The second kappa shape index (κ2) is 7.70. The number of hydrogen-bond donors (Lipinski definition) is 1. The number of carboxylic acid groups (broad SMARTS) is 1. The third-order valence-corrected chi connectivity index (χ3v) is 6.22. The number of nitrogens with zero attached hydrogens (tertiary/aromatic N) is 4. The third-order valence-electron chi connectivity index (χ3n) is 6.22. The summed E-state index contributed by atoms with van der Waals surface area (Å²) < 4.78 is 7.62. The van der Waals surface area contributed by atoms with E-state index in [9.17, 15) is 19.5 Å². The normalized spacial score (nSPS) is 24.1. The Hall–Kier alpha value is -2.39. The van der Waals surface area contributed by atoms with Gasteiger partial charge in [0, 0.05) is 44.2 Å². The van der Waals surface area contributed by atoms with Crippen LogP contribution in [0.2, 0.25) is 0 Å². The van der Waals surface area contributed by atoms with Crippen LogP contribution in [0.15, 0.2) is 16.9 Å². The van der Waals surface area contributed by atoms with Gasteiger partial charge in [-0.15, -0.1) is 0 Å². The molecular weight excluding hydrogens is 388 g/mol. The number of carbonyl (C=O) groups is 2. The van der Waals surface area contributed by atoms with Crippen molar-refractivity contribution in [2.45, 2.75) is 51.3 Å². The van der Waals surface area contributed by atoms with E-state index in [-0.39, 0.29) is 23.6 Å². The predicted molar refractivity (Wildman–Crippen MR) is 111 cm³/mol. The first-order valence-corrected chi connectivity index (χ1v) is 10.5. The lowest BCUT2D eigenvalue weighted by Crippen LogP contribution is -2.54. The molecule has 4 rings (SSSR count). The molecule has 0 aromatic carbocycles. The topological polar surface area (TPSA) is 95.3 Å². The van der Waals surface area contributed by atoms with Gasteiger partial charge in [-0.25, -0.2) is 4.79 Å². The molecule has 3 aliphatic rings. The van der Waals surface area contributed by atoms with Crippen LogP contribution in [0.1, 0.15) is 38.8 Å². The number of amides is 2. The molecule has 4 heterocycles. The summed E-state index contributed by atoms with van der Waals surface area (Å²) in [6, 6.07) is 3.33. The number of rotatable bonds is 4. The van der Waals surface area contributed by atoms with E-state index >= 15 is 0 Å². The van der Waals surface area contributed by atoms with E-state index < -0.39 is 11.6 Å². The number of aryl methyl sites for hydroxylation is 1. The van der Waals surface area contributed by atoms with Gasteiger partial charge in [-0.05, 0) is 38.8 Å². The molecule has 9 nitrogen and oxygen atoms in total. The van der Waals surface area contributed by atoms with Crippen molar-refractivity contribution in [2.75, 3.05) is 44.2 Å². The predicted octanol–water partition coefficient (Wildman–Crippen LogP) is 1.16. The highest BCUT2D eigenvalue weighted by atomic mass is 16.5. The van der Waals surface area contributed by atoms with Crippen molar-refractivity contribution in [3.63, 3.8) is 0 Å². The van der Waals surface area contributed by atoms with E-state index in [1.54, 1.807) is 15.5 Å². The summed E-state index contributed by atoms with van der Waals surface area (Å²) in [5.41, 5.74) is 0.464. The van der Waals surface area contributed by atoms with E-state index in [1.807, 2.05) is 26.8 Å². The van der Waals surface area contributed by atoms with Crippen LogP contribution in [0, 0.1) is 0 Å². The van der Waals surface area contributed by atoms with Crippen LogP contribution >= 0.6 is 0 Å². The molecule has 1 N–H and O–H groups in total. The van der Waals surface area contributed by atoms with E-state index in [1.165, 1.54) is 4.90 Å². The van der Waals surface area contributed by atoms with Gasteiger partial charge in [-0.3, -0.25) is 24.0 Å². The molecular formula is C21H30N4O5. The lowest BCUT2D eigenvalue weighted by molar-refractivity contribution is -0.118. The Morgan fingerprint density at radius 1 is 1.23 bits per heavy atom. The minimum Gasteiger partial charge on any atom is -0.465 e. The van der Waals surface area contributed by atoms with Crippen molar-refractivity contribution in [1.82, 2.24) is 14.4 Å². The highest BCUT2D eigenvalue weighted by Crippen LogP contribution is 2.35. The number of hydrogen-bond acceptors (Lipinski definition) is 5. The van der Waals surface area contributed by atoms with Crippen LogP contribution in [-0.4, -0.2) is 82.4 Å². The van der Waals surface area contributed by atoms with Gasteiger partial charge in [0.1, 0.15) is 5.82 Å². The number of ether oxygens (including phenoxy) is 1. The largest absolute Gasteiger partial charge is 0.465 e. The quantitative estimate of drug-likeness (QED) is 0.789. The van der Waals surface area contributed by atoms with Crippen LogP contribution in [0.5, 0.6) is 0 Å². The molecule has 0 spiro atoms. The molecule has 1 fully saturated rings. The fraction of sp³-hybridized carbons (Fsp3) is 0.667. The molecule has 2 amide bonds. The van der Waals surface area contributed by atoms with Crippen LogP contribution in [0.3, 0.4) is 0 Å². The van der Waals surface area contributed by atoms with Crippen LogP contribution in [-0.2, 0) is 16.0 Å². The van der Waals surface area contributed by atoms with Gasteiger partial charge in [0.2, 0.25) is 5.91 Å². The number of anilines is 1. The molecule has 3 aliphatic heterocycles. The molecule has 9 heteroatoms. The van der Waals surface area contributed by atoms with Gasteiger partial charge >= 0.3 is 6.09 Å². The smallest absolute Gasteiger partial charge is 0.407 e. The Balaban J connectivity index is 1.48. The molecule has 30 heavy (non-hydrogen) atoms. The number of morpholine rings is 1. The van der Waals surface area contributed by atoms with Crippen molar-refractivity contribution < 1.29 is 19.4 Å². The first kappa shape index (κ1) is 20.9. The summed E-state index contributed by atoms with van der Waals surface area (Å²) in [6.45, 7) is 8.86. The van der Waals surface area contributed by atoms with Crippen LogP contribution in [0.4, 0.5) is 10.6 Å². The summed E-state index contributed by atoms with van der Waals surface area (Å²) in [5, 5.41) is 9.57. The fourth-order valence-electron chi connectivity index (χ4n) is 4.75. The lowest BCUT2D eigenvalue weighted by atomic mass is 10.1. The molecule has 0 aliphatic carbocycles. The molecule has 2 atom stereocenters. The van der Waals surface area contributed by atoms with Crippen molar-refractivity contribution in [3.8, 4) is 0 Å². The van der Waals surface area contributed by atoms with Crippen molar-refractivity contribution >= 4 is 17.8 Å². The minimum absolute atomic E-state index is 0.0754. The van der Waals surface area contributed by atoms with Crippen molar-refractivity contribution in [2.24, 2.45) is 0 Å². The van der Waals surface area contributed by atoms with Gasteiger partial charge in [0.25, 0.3) is 5.56 Å². The van der Waals surface area contributed by atoms with E-state index in [0.717, 1.165) is 11.4 Å². The van der Waals surface area contributed by atoms with E-state index in [0.29, 0.717) is 52.2 Å². The summed E-state index contributed by atoms with van der Waals surface area (Å²) in [7, 11) is 0. The molecule has 1 saturated heterocycles. The zero-order chi connectivity index (χ0) is 21.6. The highest BCUT2D eigenvalue weighted by Gasteiger charge is 2.39. The highest BCUT2D eigenvalue weighted by molar-refractivity contribution is 5.96. The monoisotopic (exact) mass is 418 g/mol. The zero-order valence-corrected chi connectivity index (χ0v) is 17.8. The third kappa shape index (κ3) is 3.83. The van der Waals surface area contributed by atoms with Crippen molar-refractivity contribution in [3.05, 3.63) is 28.0 Å². The lowest BCUT2D eigenvalue weighted by Gasteiger charge is -2.40. The van der Waals surface area contributed by atoms with Crippen LogP contribution in [0.25, 0.3) is 0 Å². The second-order valence-corrected chi connectivity index (χ2v) is 9.36. The first-order chi connectivity index (χ1) is 14.1. The molecule has 1 aromatic rings. The Morgan fingerprint density at radius 3 is 2.70 bits per heavy atom. The number of pyridine rings is 1. The SMILES string of the molecule is CC(C)(C)N(C[C@@H]1CN(C[C@@H]2CN3C(=O)CCc4ccc(=O)n2c43)CCO1)C(=O)O. The maximum atomic E-state index is 12.6.